The van der Waals surface area contributed by atoms with Crippen molar-refractivity contribution in [3.05, 3.63) is 0 Å². The molecule has 1 aliphatic rings. The van der Waals surface area contributed by atoms with Gasteiger partial charge in [0, 0.05) is 19.8 Å². The Balaban J connectivity index is 2.45. The Hall–Kier alpha value is -0.130. The lowest BCUT2D eigenvalue weighted by Crippen LogP contribution is -2.36. The van der Waals surface area contributed by atoms with Crippen molar-refractivity contribution in [1.29, 1.82) is 0 Å². The van der Waals surface area contributed by atoms with Crippen LogP contribution in [-0.4, -0.2) is 34.4 Å². The van der Waals surface area contributed by atoms with Crippen LogP contribution in [-0.2, 0) is 14.8 Å². The molecule has 1 saturated carbocycles. The molecule has 1 fully saturated rings. The molecule has 0 atom stereocenters. The maximum Gasteiger partial charge on any atom is 0.208 e. The van der Waals surface area contributed by atoms with Crippen LogP contribution in [0.25, 0.3) is 0 Å². The van der Waals surface area contributed by atoms with Crippen LogP contribution in [0, 0.1) is 5.41 Å². The molecule has 0 unspecified atom stereocenters. The Bertz CT molecular complexity index is 294. The van der Waals surface area contributed by atoms with Gasteiger partial charge < -0.3 is 4.74 Å². The lowest BCUT2D eigenvalue weighted by atomic mass is 9.83. The van der Waals surface area contributed by atoms with E-state index < -0.39 is 10.0 Å². The predicted molar refractivity (Wildman–Crippen MR) is 64.9 cm³/mol. The second-order valence-electron chi connectivity index (χ2n) is 4.75. The summed E-state index contributed by atoms with van der Waals surface area (Å²) in [5.74, 6) is 0. The fourth-order valence-electron chi connectivity index (χ4n) is 2.36. The zero-order valence-corrected chi connectivity index (χ0v) is 11.1. The topological polar surface area (TPSA) is 55.4 Å². The van der Waals surface area contributed by atoms with E-state index in [4.69, 9.17) is 4.74 Å². The van der Waals surface area contributed by atoms with Crippen LogP contribution in [0.15, 0.2) is 0 Å². The largest absolute Gasteiger partial charge is 0.382 e. The van der Waals surface area contributed by atoms with E-state index >= 15 is 0 Å². The van der Waals surface area contributed by atoms with Gasteiger partial charge in [-0.2, -0.15) is 0 Å². The first kappa shape index (κ1) is 13.9. The molecule has 0 spiro atoms. The number of sulfonamides is 1. The Labute approximate surface area is 98.8 Å². The minimum atomic E-state index is -3.07. The van der Waals surface area contributed by atoms with Gasteiger partial charge in [0.15, 0.2) is 0 Å². The highest BCUT2D eigenvalue weighted by atomic mass is 32.2. The summed E-state index contributed by atoms with van der Waals surface area (Å²) in [5, 5.41) is 0. The molecule has 0 aromatic heterocycles. The first-order valence-electron chi connectivity index (χ1n) is 6.00. The SMILES string of the molecule is CCOCCC1(CNS(C)(=O)=O)CCCC1. The number of ether oxygens (including phenoxy) is 1. The van der Waals surface area contributed by atoms with E-state index in [1.807, 2.05) is 6.92 Å². The highest BCUT2D eigenvalue weighted by Gasteiger charge is 2.33. The minimum Gasteiger partial charge on any atom is -0.382 e. The smallest absolute Gasteiger partial charge is 0.208 e. The molecule has 0 heterocycles. The van der Waals surface area contributed by atoms with Crippen LogP contribution in [0.4, 0.5) is 0 Å². The third kappa shape index (κ3) is 4.80. The second-order valence-corrected chi connectivity index (χ2v) is 6.58. The van der Waals surface area contributed by atoms with Gasteiger partial charge in [-0.1, -0.05) is 12.8 Å². The quantitative estimate of drug-likeness (QED) is 0.696. The van der Waals surface area contributed by atoms with Crippen LogP contribution in [0.2, 0.25) is 0 Å². The van der Waals surface area contributed by atoms with Gasteiger partial charge in [-0.15, -0.1) is 0 Å². The molecule has 0 aromatic carbocycles. The molecule has 1 aliphatic carbocycles. The standard InChI is InChI=1S/C11H23NO3S/c1-3-15-9-8-11(6-4-5-7-11)10-12-16(2,13)14/h12H,3-10H2,1-2H3. The highest BCUT2D eigenvalue weighted by Crippen LogP contribution is 2.40. The zero-order valence-electron chi connectivity index (χ0n) is 10.3. The Morgan fingerprint density at radius 1 is 1.31 bits per heavy atom. The van der Waals surface area contributed by atoms with Crippen molar-refractivity contribution in [2.45, 2.75) is 39.0 Å². The average Bonchev–Trinajstić information content (AvgIpc) is 2.64. The molecule has 0 aromatic rings. The van der Waals surface area contributed by atoms with E-state index in [1.165, 1.54) is 19.1 Å². The highest BCUT2D eigenvalue weighted by molar-refractivity contribution is 7.88. The summed E-state index contributed by atoms with van der Waals surface area (Å²) in [4.78, 5) is 0. The third-order valence-corrected chi connectivity index (χ3v) is 4.02. The van der Waals surface area contributed by atoms with Gasteiger partial charge in [-0.05, 0) is 31.6 Å². The Morgan fingerprint density at radius 3 is 2.44 bits per heavy atom. The minimum absolute atomic E-state index is 0.137. The van der Waals surface area contributed by atoms with Crippen LogP contribution in [0.3, 0.4) is 0 Å². The summed E-state index contributed by atoms with van der Waals surface area (Å²) in [5.41, 5.74) is 0.137. The number of hydrogen-bond acceptors (Lipinski definition) is 3. The van der Waals surface area contributed by atoms with E-state index in [2.05, 4.69) is 4.72 Å². The van der Waals surface area contributed by atoms with Crippen molar-refractivity contribution in [1.82, 2.24) is 4.72 Å². The van der Waals surface area contributed by atoms with Gasteiger partial charge in [-0.25, -0.2) is 13.1 Å². The Kier molecular flexibility index (Phi) is 5.21. The van der Waals surface area contributed by atoms with Gasteiger partial charge in [0.05, 0.1) is 6.26 Å². The molecule has 4 nitrogen and oxygen atoms in total. The summed E-state index contributed by atoms with van der Waals surface area (Å²) in [6, 6.07) is 0. The molecule has 0 bridgehead atoms. The molecule has 16 heavy (non-hydrogen) atoms. The van der Waals surface area contributed by atoms with Gasteiger partial charge in [0.25, 0.3) is 0 Å². The van der Waals surface area contributed by atoms with Gasteiger partial charge in [-0.3, -0.25) is 0 Å². The maximum absolute atomic E-state index is 11.1. The molecule has 0 amide bonds. The Morgan fingerprint density at radius 2 is 1.94 bits per heavy atom. The van der Waals surface area contributed by atoms with Crippen molar-refractivity contribution in [2.75, 3.05) is 26.0 Å². The normalized spacial score (nSPS) is 20.1. The van der Waals surface area contributed by atoms with E-state index in [9.17, 15) is 8.42 Å². The number of hydrogen-bond donors (Lipinski definition) is 1. The van der Waals surface area contributed by atoms with Crippen molar-refractivity contribution >= 4 is 10.0 Å². The molecule has 96 valence electrons. The molecule has 1 N–H and O–H groups in total. The molecule has 0 radical (unpaired) electrons. The fourth-order valence-corrected chi connectivity index (χ4v) is 2.93. The number of nitrogens with one attached hydrogen (secondary N) is 1. The summed E-state index contributed by atoms with van der Waals surface area (Å²) in [6.07, 6.45) is 6.82. The first-order valence-corrected chi connectivity index (χ1v) is 7.89. The van der Waals surface area contributed by atoms with Crippen molar-refractivity contribution in [3.63, 3.8) is 0 Å². The van der Waals surface area contributed by atoms with Crippen molar-refractivity contribution in [3.8, 4) is 0 Å². The summed E-state index contributed by atoms with van der Waals surface area (Å²) >= 11 is 0. The third-order valence-electron chi connectivity index (χ3n) is 3.35. The molecular formula is C11H23NO3S. The first-order chi connectivity index (χ1) is 7.47. The molecule has 5 heteroatoms. The van der Waals surface area contributed by atoms with Crippen LogP contribution in [0.5, 0.6) is 0 Å². The van der Waals surface area contributed by atoms with Gasteiger partial charge in [0.2, 0.25) is 10.0 Å². The van der Waals surface area contributed by atoms with E-state index in [1.54, 1.807) is 0 Å². The van der Waals surface area contributed by atoms with E-state index in [0.29, 0.717) is 6.54 Å². The molecule has 0 aliphatic heterocycles. The summed E-state index contributed by atoms with van der Waals surface area (Å²) in [7, 11) is -3.07. The predicted octanol–water partition coefficient (Wildman–Crippen LogP) is 1.52. The van der Waals surface area contributed by atoms with Gasteiger partial charge in [0.1, 0.15) is 0 Å². The van der Waals surface area contributed by atoms with Crippen molar-refractivity contribution < 1.29 is 13.2 Å². The summed E-state index contributed by atoms with van der Waals surface area (Å²) in [6.45, 7) is 4.02. The summed E-state index contributed by atoms with van der Waals surface area (Å²) < 4.78 is 30.3. The molecule has 1 rings (SSSR count). The van der Waals surface area contributed by atoms with Crippen molar-refractivity contribution in [2.24, 2.45) is 5.41 Å². The van der Waals surface area contributed by atoms with Crippen LogP contribution in [0.1, 0.15) is 39.0 Å². The molecular weight excluding hydrogens is 226 g/mol. The van der Waals surface area contributed by atoms with E-state index in [-0.39, 0.29) is 5.41 Å². The van der Waals surface area contributed by atoms with Crippen LogP contribution >= 0.6 is 0 Å². The van der Waals surface area contributed by atoms with Gasteiger partial charge >= 0.3 is 0 Å². The second kappa shape index (κ2) is 5.98. The lowest BCUT2D eigenvalue weighted by Gasteiger charge is -2.28. The maximum atomic E-state index is 11.1. The van der Waals surface area contributed by atoms with Crippen LogP contribution < -0.4 is 4.72 Å². The fraction of sp³-hybridized carbons (Fsp3) is 1.00. The monoisotopic (exact) mass is 249 g/mol. The zero-order chi connectivity index (χ0) is 12.1. The number of rotatable bonds is 7. The molecule has 0 saturated heterocycles. The average molecular weight is 249 g/mol. The lowest BCUT2D eigenvalue weighted by molar-refractivity contribution is 0.105. The van der Waals surface area contributed by atoms with E-state index in [0.717, 1.165) is 32.5 Å².